The number of thioether (sulfide) groups is 1. The number of nitro benzene ring substituents is 1. The number of nitro groups is 1. The first kappa shape index (κ1) is 18.9. The average molecular weight is 407 g/mol. The minimum atomic E-state index is -0.447. The summed E-state index contributed by atoms with van der Waals surface area (Å²) in [5.74, 6) is 1.26. The van der Waals surface area contributed by atoms with Crippen molar-refractivity contribution >= 4 is 17.4 Å². The number of aryl methyl sites for hydroxylation is 1. The van der Waals surface area contributed by atoms with Gasteiger partial charge >= 0.3 is 0 Å². The Morgan fingerprint density at radius 1 is 1.07 bits per heavy atom. The Morgan fingerprint density at radius 3 is 2.45 bits per heavy atom. The minimum Gasteiger partial charge on any atom is -0.420 e. The summed E-state index contributed by atoms with van der Waals surface area (Å²) < 4.78 is 7.72. The molecule has 2 aromatic carbocycles. The third-order valence-corrected chi connectivity index (χ3v) is 5.44. The first-order valence-corrected chi connectivity index (χ1v) is 9.78. The van der Waals surface area contributed by atoms with Crippen LogP contribution in [-0.2, 0) is 12.8 Å². The van der Waals surface area contributed by atoms with Gasteiger partial charge in [0.25, 0.3) is 5.69 Å². The molecule has 0 N–H and O–H groups in total. The summed E-state index contributed by atoms with van der Waals surface area (Å²) in [6, 6.07) is 14.3. The topological polar surface area (TPSA) is 99.9 Å². The predicted molar refractivity (Wildman–Crippen MR) is 109 cm³/mol. The molecule has 4 aromatic rings. The maximum Gasteiger partial charge on any atom is 0.269 e. The number of aromatic nitrogens is 4. The smallest absolute Gasteiger partial charge is 0.269 e. The number of non-ortho nitro benzene ring substituents is 1. The second-order valence-corrected chi connectivity index (χ2v) is 7.39. The van der Waals surface area contributed by atoms with Crippen LogP contribution in [0.1, 0.15) is 11.5 Å². The van der Waals surface area contributed by atoms with Crippen LogP contribution in [0.5, 0.6) is 0 Å². The van der Waals surface area contributed by atoms with E-state index in [1.807, 2.05) is 17.8 Å². The first-order chi connectivity index (χ1) is 14.0. The van der Waals surface area contributed by atoms with E-state index in [-0.39, 0.29) is 5.69 Å². The van der Waals surface area contributed by atoms with Crippen molar-refractivity contribution in [3.63, 3.8) is 0 Å². The van der Waals surface area contributed by atoms with Gasteiger partial charge in [-0.05, 0) is 24.6 Å². The van der Waals surface area contributed by atoms with Gasteiger partial charge in [-0.2, -0.15) is 0 Å². The maximum atomic E-state index is 10.8. The largest absolute Gasteiger partial charge is 0.420 e. The molecule has 9 heteroatoms. The second-order valence-electron chi connectivity index (χ2n) is 6.44. The highest BCUT2D eigenvalue weighted by Crippen LogP contribution is 2.28. The third kappa shape index (κ3) is 4.04. The van der Waals surface area contributed by atoms with E-state index < -0.39 is 4.92 Å². The van der Waals surface area contributed by atoms with E-state index in [1.165, 1.54) is 29.5 Å². The zero-order chi connectivity index (χ0) is 20.4. The number of hydrogen-bond donors (Lipinski definition) is 0. The molecule has 0 saturated carbocycles. The number of rotatable bonds is 6. The lowest BCUT2D eigenvalue weighted by molar-refractivity contribution is -0.384. The number of nitrogens with zero attached hydrogens (tertiary/aromatic N) is 5. The van der Waals surface area contributed by atoms with Gasteiger partial charge in [-0.25, -0.2) is 4.98 Å². The SMILES string of the molecule is Cc1ccc(-c2cnc(SCc3nnc(-c4ccc([N+](=O)[O-])cc4)o3)n2C)cc1. The Morgan fingerprint density at radius 2 is 1.76 bits per heavy atom. The molecule has 0 spiro atoms. The lowest BCUT2D eigenvalue weighted by Crippen LogP contribution is -1.94. The fourth-order valence-electron chi connectivity index (χ4n) is 2.80. The van der Waals surface area contributed by atoms with E-state index in [9.17, 15) is 10.1 Å². The van der Waals surface area contributed by atoms with Crippen LogP contribution in [0, 0.1) is 17.0 Å². The number of benzene rings is 2. The standard InChI is InChI=1S/C20H17N5O3S/c1-13-3-5-14(6-4-13)17-11-21-20(24(17)2)29-12-18-22-23-19(28-18)15-7-9-16(10-8-15)25(26)27/h3-11H,12H2,1-2H3. The van der Waals surface area contributed by atoms with Crippen molar-refractivity contribution < 1.29 is 9.34 Å². The van der Waals surface area contributed by atoms with Gasteiger partial charge in [0, 0.05) is 24.7 Å². The Hall–Kier alpha value is -3.46. The van der Waals surface area contributed by atoms with Crippen LogP contribution in [0.25, 0.3) is 22.7 Å². The molecule has 0 aliphatic rings. The predicted octanol–water partition coefficient (Wildman–Crippen LogP) is 4.65. The summed E-state index contributed by atoms with van der Waals surface area (Å²) in [5.41, 5.74) is 4.01. The molecule has 0 saturated heterocycles. The zero-order valence-electron chi connectivity index (χ0n) is 15.8. The van der Waals surface area contributed by atoms with Crippen molar-refractivity contribution in [2.24, 2.45) is 7.05 Å². The second kappa shape index (κ2) is 7.88. The molecule has 0 unspecified atom stereocenters. The minimum absolute atomic E-state index is 0.0169. The molecule has 0 radical (unpaired) electrons. The van der Waals surface area contributed by atoms with Gasteiger partial charge in [0.15, 0.2) is 5.16 Å². The molecule has 0 aliphatic heterocycles. The van der Waals surface area contributed by atoms with E-state index >= 15 is 0 Å². The Balaban J connectivity index is 1.45. The Bertz CT molecular complexity index is 1150. The molecule has 2 aromatic heterocycles. The molecule has 0 aliphatic carbocycles. The Labute approximate surface area is 170 Å². The molecule has 4 rings (SSSR count). The molecule has 2 heterocycles. The van der Waals surface area contributed by atoms with Crippen LogP contribution in [-0.4, -0.2) is 24.7 Å². The molecular formula is C20H17N5O3S. The molecule has 29 heavy (non-hydrogen) atoms. The van der Waals surface area contributed by atoms with Crippen molar-refractivity contribution in [1.82, 2.24) is 19.7 Å². The van der Waals surface area contributed by atoms with Crippen LogP contribution in [0.2, 0.25) is 0 Å². The highest BCUT2D eigenvalue weighted by Gasteiger charge is 2.14. The molecule has 146 valence electrons. The average Bonchev–Trinajstić information content (AvgIpc) is 3.34. The van der Waals surface area contributed by atoms with Crippen LogP contribution >= 0.6 is 11.8 Å². The molecule has 0 fully saturated rings. The van der Waals surface area contributed by atoms with Gasteiger partial charge in [-0.1, -0.05) is 41.6 Å². The summed E-state index contributed by atoms with van der Waals surface area (Å²) in [6.45, 7) is 2.06. The van der Waals surface area contributed by atoms with Gasteiger partial charge in [-0.3, -0.25) is 10.1 Å². The van der Waals surface area contributed by atoms with Crippen molar-refractivity contribution in [2.75, 3.05) is 0 Å². The van der Waals surface area contributed by atoms with Crippen molar-refractivity contribution in [3.05, 3.63) is 76.3 Å². The maximum absolute atomic E-state index is 10.8. The molecule has 8 nitrogen and oxygen atoms in total. The summed E-state index contributed by atoms with van der Waals surface area (Å²) in [7, 11) is 1.97. The van der Waals surface area contributed by atoms with Crippen molar-refractivity contribution in [1.29, 1.82) is 0 Å². The van der Waals surface area contributed by atoms with E-state index in [4.69, 9.17) is 4.42 Å². The summed E-state index contributed by atoms with van der Waals surface area (Å²) in [5, 5.41) is 19.7. The zero-order valence-corrected chi connectivity index (χ0v) is 16.6. The first-order valence-electron chi connectivity index (χ1n) is 8.80. The molecule has 0 atom stereocenters. The Kier molecular flexibility index (Phi) is 5.13. The summed E-state index contributed by atoms with van der Waals surface area (Å²) >= 11 is 1.50. The van der Waals surface area contributed by atoms with Gasteiger partial charge in [0.05, 0.1) is 22.6 Å². The number of imidazole rings is 1. The van der Waals surface area contributed by atoms with Gasteiger partial charge in [-0.15, -0.1) is 10.2 Å². The fraction of sp³-hybridized carbons (Fsp3) is 0.150. The summed E-state index contributed by atoms with van der Waals surface area (Å²) in [4.78, 5) is 14.8. The third-order valence-electron chi connectivity index (χ3n) is 4.41. The van der Waals surface area contributed by atoms with E-state index in [0.29, 0.717) is 23.1 Å². The number of hydrogen-bond acceptors (Lipinski definition) is 7. The van der Waals surface area contributed by atoms with E-state index in [1.54, 1.807) is 12.1 Å². The van der Waals surface area contributed by atoms with Gasteiger partial charge < -0.3 is 8.98 Å². The quantitative estimate of drug-likeness (QED) is 0.261. The summed E-state index contributed by atoms with van der Waals surface area (Å²) in [6.07, 6.45) is 1.85. The van der Waals surface area contributed by atoms with Crippen molar-refractivity contribution in [3.8, 4) is 22.7 Å². The van der Waals surface area contributed by atoms with Crippen LogP contribution < -0.4 is 0 Å². The van der Waals surface area contributed by atoms with Crippen molar-refractivity contribution in [2.45, 2.75) is 17.8 Å². The molecule has 0 amide bonds. The highest BCUT2D eigenvalue weighted by atomic mass is 32.2. The lowest BCUT2D eigenvalue weighted by atomic mass is 10.1. The van der Waals surface area contributed by atoms with Crippen LogP contribution in [0.15, 0.2) is 64.3 Å². The van der Waals surface area contributed by atoms with Crippen LogP contribution in [0.3, 0.4) is 0 Å². The lowest BCUT2D eigenvalue weighted by Gasteiger charge is -2.05. The fourth-order valence-corrected chi connectivity index (χ4v) is 3.59. The van der Waals surface area contributed by atoms with Gasteiger partial charge in [0.2, 0.25) is 11.8 Å². The molecule has 0 bridgehead atoms. The van der Waals surface area contributed by atoms with Gasteiger partial charge in [0.1, 0.15) is 0 Å². The molecular weight excluding hydrogens is 390 g/mol. The highest BCUT2D eigenvalue weighted by molar-refractivity contribution is 7.98. The van der Waals surface area contributed by atoms with E-state index in [2.05, 4.69) is 46.4 Å². The normalized spacial score (nSPS) is 11.0. The van der Waals surface area contributed by atoms with Crippen LogP contribution in [0.4, 0.5) is 5.69 Å². The monoisotopic (exact) mass is 407 g/mol. The van der Waals surface area contributed by atoms with E-state index in [0.717, 1.165) is 16.4 Å².